The minimum Gasteiger partial charge on any atom is -0.454 e. The second-order valence-electron chi connectivity index (χ2n) is 6.72. The van der Waals surface area contributed by atoms with Gasteiger partial charge in [-0.05, 0) is 24.3 Å². The summed E-state index contributed by atoms with van der Waals surface area (Å²) in [7, 11) is 0. The zero-order chi connectivity index (χ0) is 20.7. The number of imidazole rings is 1. The van der Waals surface area contributed by atoms with E-state index in [1.165, 1.54) is 6.92 Å². The molecule has 0 atom stereocenters. The van der Waals surface area contributed by atoms with Crippen molar-refractivity contribution in [2.24, 2.45) is 0 Å². The lowest BCUT2D eigenvalue weighted by atomic mass is 10.1. The van der Waals surface area contributed by atoms with E-state index in [9.17, 15) is 10.1 Å². The number of nitrogens with zero attached hydrogens (tertiary/aromatic N) is 3. The van der Waals surface area contributed by atoms with E-state index in [2.05, 4.69) is 26.8 Å². The van der Waals surface area contributed by atoms with Crippen molar-refractivity contribution in [3.05, 3.63) is 54.2 Å². The molecule has 9 nitrogen and oxygen atoms in total. The Hall–Kier alpha value is -4.45. The van der Waals surface area contributed by atoms with Crippen LogP contribution in [0.3, 0.4) is 0 Å². The highest BCUT2D eigenvalue weighted by Gasteiger charge is 2.20. The number of hydrogen-bond donors (Lipinski definition) is 3. The highest BCUT2D eigenvalue weighted by atomic mass is 16.7. The summed E-state index contributed by atoms with van der Waals surface area (Å²) >= 11 is 0. The van der Waals surface area contributed by atoms with Crippen molar-refractivity contribution in [1.29, 1.82) is 5.26 Å². The Labute approximate surface area is 170 Å². The van der Waals surface area contributed by atoms with E-state index >= 15 is 0 Å². The first-order valence-corrected chi connectivity index (χ1v) is 9.17. The Morgan fingerprint density at radius 2 is 1.93 bits per heavy atom. The molecule has 1 aliphatic rings. The van der Waals surface area contributed by atoms with Gasteiger partial charge in [0.2, 0.25) is 12.7 Å². The minimum atomic E-state index is -0.137. The molecule has 0 saturated heterocycles. The number of rotatable bonds is 4. The minimum absolute atomic E-state index is 0.137. The first kappa shape index (κ1) is 17.6. The zero-order valence-electron chi connectivity index (χ0n) is 15.9. The van der Waals surface area contributed by atoms with Gasteiger partial charge in [0.25, 0.3) is 0 Å². The smallest absolute Gasteiger partial charge is 0.231 e. The Morgan fingerprint density at radius 3 is 2.70 bits per heavy atom. The summed E-state index contributed by atoms with van der Waals surface area (Å²) in [5, 5.41) is 18.6. The lowest BCUT2D eigenvalue weighted by Crippen LogP contribution is -2.05. The SMILES string of the molecule is CC(=O)Nc1ccc(-c2nc3c(C#N)c[nH]n3c2Nc2ccc3c(c2)OCO3)cc1. The van der Waals surface area contributed by atoms with Crippen LogP contribution < -0.4 is 20.1 Å². The van der Waals surface area contributed by atoms with Crippen LogP contribution in [0.15, 0.2) is 48.7 Å². The third-order valence-corrected chi connectivity index (χ3v) is 4.69. The van der Waals surface area contributed by atoms with E-state index in [1.807, 2.05) is 30.3 Å². The lowest BCUT2D eigenvalue weighted by molar-refractivity contribution is -0.114. The molecule has 0 radical (unpaired) electrons. The standard InChI is InChI=1S/C21H16N6O3/c1-12(28)24-15-4-2-13(3-5-15)19-21(27-20(26-19)14(9-22)10-23-27)25-16-6-7-17-18(8-16)30-11-29-17/h2-8,10,23,25H,11H2,1H3,(H,24,28). The Bertz CT molecular complexity index is 1310. The molecule has 1 amide bonds. The molecule has 148 valence electrons. The van der Waals surface area contributed by atoms with Gasteiger partial charge in [-0.15, -0.1) is 0 Å². The van der Waals surface area contributed by atoms with Gasteiger partial charge in [0, 0.05) is 36.1 Å². The van der Waals surface area contributed by atoms with Gasteiger partial charge in [0.05, 0.1) is 0 Å². The van der Waals surface area contributed by atoms with Crippen LogP contribution in [-0.2, 0) is 4.79 Å². The van der Waals surface area contributed by atoms with E-state index in [0.29, 0.717) is 39.9 Å². The topological polar surface area (TPSA) is 116 Å². The normalized spacial score (nSPS) is 12.0. The number of benzene rings is 2. The number of carbonyl (C=O) groups is 1. The number of amides is 1. The molecule has 3 heterocycles. The summed E-state index contributed by atoms with van der Waals surface area (Å²) in [6, 6.07) is 15.0. The fourth-order valence-corrected chi connectivity index (χ4v) is 3.35. The molecule has 9 heteroatoms. The highest BCUT2D eigenvalue weighted by molar-refractivity contribution is 5.89. The Kier molecular flexibility index (Phi) is 4.03. The second-order valence-corrected chi connectivity index (χ2v) is 6.72. The Balaban J connectivity index is 1.58. The van der Waals surface area contributed by atoms with Crippen LogP contribution in [0.5, 0.6) is 11.5 Å². The highest BCUT2D eigenvalue weighted by Crippen LogP contribution is 2.37. The molecular formula is C21H16N6O3. The summed E-state index contributed by atoms with van der Waals surface area (Å²) in [5.41, 5.74) is 3.91. The first-order valence-electron chi connectivity index (χ1n) is 9.17. The van der Waals surface area contributed by atoms with E-state index in [0.717, 1.165) is 11.3 Å². The van der Waals surface area contributed by atoms with Gasteiger partial charge in [-0.1, -0.05) is 12.1 Å². The van der Waals surface area contributed by atoms with Gasteiger partial charge >= 0.3 is 0 Å². The van der Waals surface area contributed by atoms with E-state index in [4.69, 9.17) is 9.47 Å². The van der Waals surface area contributed by atoms with Gasteiger partial charge in [-0.2, -0.15) is 5.26 Å². The number of carbonyl (C=O) groups excluding carboxylic acids is 1. The number of aromatic amines is 1. The predicted octanol–water partition coefficient (Wildman–Crippen LogP) is 3.63. The van der Waals surface area contributed by atoms with Crippen molar-refractivity contribution in [1.82, 2.24) is 14.6 Å². The Morgan fingerprint density at radius 1 is 1.17 bits per heavy atom. The quantitative estimate of drug-likeness (QED) is 0.482. The van der Waals surface area contributed by atoms with Crippen molar-refractivity contribution in [2.45, 2.75) is 6.92 Å². The van der Waals surface area contributed by atoms with Gasteiger partial charge in [0.15, 0.2) is 23.0 Å². The molecule has 0 bridgehead atoms. The molecule has 3 N–H and O–H groups in total. The molecule has 5 rings (SSSR count). The van der Waals surface area contributed by atoms with Crippen molar-refractivity contribution in [2.75, 3.05) is 17.4 Å². The summed E-state index contributed by atoms with van der Waals surface area (Å²) < 4.78 is 12.5. The van der Waals surface area contributed by atoms with Crippen LogP contribution in [0.25, 0.3) is 16.9 Å². The molecule has 30 heavy (non-hydrogen) atoms. The maximum absolute atomic E-state index is 11.3. The van der Waals surface area contributed by atoms with Crippen LogP contribution in [0.2, 0.25) is 0 Å². The summed E-state index contributed by atoms with van der Waals surface area (Å²) in [5.74, 6) is 1.88. The molecule has 0 saturated carbocycles. The molecule has 2 aromatic heterocycles. The number of nitriles is 1. The fourth-order valence-electron chi connectivity index (χ4n) is 3.35. The van der Waals surface area contributed by atoms with Crippen LogP contribution in [0.1, 0.15) is 12.5 Å². The van der Waals surface area contributed by atoms with Gasteiger partial charge in [-0.3, -0.25) is 9.89 Å². The zero-order valence-corrected chi connectivity index (χ0v) is 15.9. The first-order chi connectivity index (χ1) is 14.6. The number of aromatic nitrogens is 3. The summed E-state index contributed by atoms with van der Waals surface area (Å²) in [4.78, 5) is 15.9. The van der Waals surface area contributed by atoms with Crippen molar-refractivity contribution in [3.63, 3.8) is 0 Å². The van der Waals surface area contributed by atoms with Crippen LogP contribution >= 0.6 is 0 Å². The average Bonchev–Trinajstić information content (AvgIpc) is 3.44. The number of anilines is 3. The number of nitrogens with one attached hydrogen (secondary N) is 3. The van der Waals surface area contributed by atoms with Crippen LogP contribution in [0.4, 0.5) is 17.2 Å². The van der Waals surface area contributed by atoms with Crippen molar-refractivity contribution < 1.29 is 14.3 Å². The monoisotopic (exact) mass is 400 g/mol. The third-order valence-electron chi connectivity index (χ3n) is 4.69. The van der Waals surface area contributed by atoms with Crippen LogP contribution in [0, 0.1) is 11.3 Å². The molecule has 0 fully saturated rings. The molecule has 0 aliphatic carbocycles. The maximum atomic E-state index is 11.3. The van der Waals surface area contributed by atoms with Crippen LogP contribution in [-0.4, -0.2) is 27.3 Å². The summed E-state index contributed by atoms with van der Waals surface area (Å²) in [6.07, 6.45) is 1.61. The van der Waals surface area contributed by atoms with E-state index in [-0.39, 0.29) is 12.7 Å². The largest absolute Gasteiger partial charge is 0.454 e. The number of ether oxygens (including phenoxy) is 2. The molecule has 0 spiro atoms. The second kappa shape index (κ2) is 6.86. The average molecular weight is 400 g/mol. The molecule has 1 aliphatic heterocycles. The van der Waals surface area contributed by atoms with Crippen molar-refractivity contribution >= 4 is 28.7 Å². The molecule has 0 unspecified atom stereocenters. The third kappa shape index (κ3) is 2.97. The van der Waals surface area contributed by atoms with Gasteiger partial charge < -0.3 is 20.1 Å². The molecule has 2 aromatic carbocycles. The lowest BCUT2D eigenvalue weighted by Gasteiger charge is -2.09. The fraction of sp³-hybridized carbons (Fsp3) is 0.0952. The molecule has 4 aromatic rings. The predicted molar refractivity (Wildman–Crippen MR) is 110 cm³/mol. The number of H-pyrrole nitrogens is 1. The van der Waals surface area contributed by atoms with Crippen molar-refractivity contribution in [3.8, 4) is 28.8 Å². The van der Waals surface area contributed by atoms with Gasteiger partial charge in [0.1, 0.15) is 17.3 Å². The van der Waals surface area contributed by atoms with Gasteiger partial charge in [-0.25, -0.2) is 9.50 Å². The summed E-state index contributed by atoms with van der Waals surface area (Å²) in [6.45, 7) is 1.66. The number of fused-ring (bicyclic) bond motifs is 2. The number of hydrogen-bond acceptors (Lipinski definition) is 6. The van der Waals surface area contributed by atoms with E-state index in [1.54, 1.807) is 22.8 Å². The van der Waals surface area contributed by atoms with E-state index < -0.39 is 0 Å². The molecular weight excluding hydrogens is 384 g/mol. The maximum Gasteiger partial charge on any atom is 0.231 e.